The second-order valence-corrected chi connectivity index (χ2v) is 3.58. The Hall–Kier alpha value is -0.770. The number of nitrogens with zero attached hydrogens (tertiary/aromatic N) is 1. The number of unbranched alkanes of at least 4 members (excludes halogenated alkanes) is 3. The van der Waals surface area contributed by atoms with Crippen LogP contribution in [0.15, 0.2) is 11.6 Å². The van der Waals surface area contributed by atoms with Crippen LogP contribution in [-0.4, -0.2) is 0 Å². The minimum absolute atomic E-state index is 0.242. The maximum absolute atomic E-state index is 8.52. The van der Waals surface area contributed by atoms with Crippen molar-refractivity contribution in [2.45, 2.75) is 45.4 Å². The smallest absolute Gasteiger partial charge is 0.0700 e. The van der Waals surface area contributed by atoms with Gasteiger partial charge in [-0.3, -0.25) is 0 Å². The van der Waals surface area contributed by atoms with E-state index >= 15 is 0 Å². The van der Waals surface area contributed by atoms with E-state index in [1.807, 2.05) is 0 Å². The van der Waals surface area contributed by atoms with E-state index in [1.54, 1.807) is 0 Å². The molecule has 0 aliphatic heterocycles. The summed E-state index contributed by atoms with van der Waals surface area (Å²) in [6, 6.07) is 2.26. The van der Waals surface area contributed by atoms with Crippen molar-refractivity contribution in [2.24, 2.45) is 5.92 Å². The lowest BCUT2D eigenvalue weighted by molar-refractivity contribution is 0.611. The van der Waals surface area contributed by atoms with E-state index < -0.39 is 0 Å². The van der Waals surface area contributed by atoms with Gasteiger partial charge in [0.15, 0.2) is 0 Å². The van der Waals surface area contributed by atoms with Crippen molar-refractivity contribution in [3.05, 3.63) is 11.6 Å². The zero-order chi connectivity index (χ0) is 8.81. The highest BCUT2D eigenvalue weighted by molar-refractivity contribution is 5.22. The Bertz CT molecular complexity index is 198. The molecule has 66 valence electrons. The summed E-state index contributed by atoms with van der Waals surface area (Å²) in [4.78, 5) is 0. The van der Waals surface area contributed by atoms with Gasteiger partial charge in [0.1, 0.15) is 0 Å². The van der Waals surface area contributed by atoms with E-state index in [9.17, 15) is 0 Å². The molecule has 12 heavy (non-hydrogen) atoms. The molecule has 0 spiro atoms. The molecular weight excluding hydrogens is 146 g/mol. The third kappa shape index (κ3) is 2.70. The first-order chi connectivity index (χ1) is 5.86. The van der Waals surface area contributed by atoms with Gasteiger partial charge in [0.2, 0.25) is 0 Å². The number of nitriles is 1. The molecule has 0 amide bonds. The SMILES string of the molecule is CCCCCCC1=C[C@@H](C#N)C1. The summed E-state index contributed by atoms with van der Waals surface area (Å²) in [5, 5.41) is 8.52. The minimum atomic E-state index is 0.242. The van der Waals surface area contributed by atoms with Gasteiger partial charge in [-0.2, -0.15) is 5.26 Å². The Morgan fingerprint density at radius 1 is 1.50 bits per heavy atom. The number of hydrogen-bond acceptors (Lipinski definition) is 1. The number of rotatable bonds is 5. The fraction of sp³-hybridized carbons (Fsp3) is 0.727. The van der Waals surface area contributed by atoms with E-state index in [0.29, 0.717) is 0 Å². The van der Waals surface area contributed by atoms with Gasteiger partial charge in [0, 0.05) is 0 Å². The largest absolute Gasteiger partial charge is 0.198 e. The van der Waals surface area contributed by atoms with Crippen LogP contribution >= 0.6 is 0 Å². The molecule has 1 heteroatoms. The lowest BCUT2D eigenvalue weighted by atomic mass is 9.85. The van der Waals surface area contributed by atoms with Gasteiger partial charge >= 0.3 is 0 Å². The van der Waals surface area contributed by atoms with Crippen LogP contribution in [0.4, 0.5) is 0 Å². The van der Waals surface area contributed by atoms with E-state index in [0.717, 1.165) is 6.42 Å². The second kappa shape index (κ2) is 4.98. The fourth-order valence-electron chi connectivity index (χ4n) is 1.58. The van der Waals surface area contributed by atoms with E-state index in [-0.39, 0.29) is 5.92 Å². The Morgan fingerprint density at radius 3 is 2.83 bits per heavy atom. The molecule has 0 bridgehead atoms. The molecule has 0 aromatic carbocycles. The average molecular weight is 163 g/mol. The molecule has 0 fully saturated rings. The zero-order valence-corrected chi connectivity index (χ0v) is 7.84. The summed E-state index contributed by atoms with van der Waals surface area (Å²) in [6.45, 7) is 2.23. The van der Waals surface area contributed by atoms with Crippen molar-refractivity contribution in [1.29, 1.82) is 5.26 Å². The van der Waals surface area contributed by atoms with Gasteiger partial charge in [-0.15, -0.1) is 0 Å². The molecule has 0 unspecified atom stereocenters. The Balaban J connectivity index is 2.00. The van der Waals surface area contributed by atoms with Crippen LogP contribution in [0.1, 0.15) is 45.4 Å². The van der Waals surface area contributed by atoms with Gasteiger partial charge in [0.05, 0.1) is 12.0 Å². The van der Waals surface area contributed by atoms with Gasteiger partial charge in [0.25, 0.3) is 0 Å². The van der Waals surface area contributed by atoms with Crippen LogP contribution in [0.25, 0.3) is 0 Å². The summed E-state index contributed by atoms with van der Waals surface area (Å²) in [5.74, 6) is 0.242. The summed E-state index contributed by atoms with van der Waals surface area (Å²) < 4.78 is 0. The molecule has 1 rings (SSSR count). The normalized spacial score (nSPS) is 21.0. The van der Waals surface area contributed by atoms with Crippen LogP contribution in [0.2, 0.25) is 0 Å². The monoisotopic (exact) mass is 163 g/mol. The van der Waals surface area contributed by atoms with E-state index in [1.165, 1.54) is 37.7 Å². The molecule has 0 saturated heterocycles. The molecule has 1 atom stereocenters. The lowest BCUT2D eigenvalue weighted by Crippen LogP contribution is -2.07. The highest BCUT2D eigenvalue weighted by Gasteiger charge is 2.16. The average Bonchev–Trinajstić information content (AvgIpc) is 2.01. The van der Waals surface area contributed by atoms with Gasteiger partial charge in [-0.05, 0) is 19.3 Å². The van der Waals surface area contributed by atoms with Crippen molar-refractivity contribution in [3.8, 4) is 6.07 Å². The molecular formula is C11H17N. The highest BCUT2D eigenvalue weighted by Crippen LogP contribution is 2.29. The predicted molar refractivity (Wildman–Crippen MR) is 50.6 cm³/mol. The molecule has 1 nitrogen and oxygen atoms in total. The second-order valence-electron chi connectivity index (χ2n) is 3.58. The number of hydrogen-bond donors (Lipinski definition) is 0. The molecule has 1 aliphatic carbocycles. The van der Waals surface area contributed by atoms with Gasteiger partial charge in [-0.25, -0.2) is 0 Å². The topological polar surface area (TPSA) is 23.8 Å². The number of allylic oxidation sites excluding steroid dienone is 2. The molecule has 0 aromatic rings. The quantitative estimate of drug-likeness (QED) is 0.450. The van der Waals surface area contributed by atoms with Crippen LogP contribution < -0.4 is 0 Å². The van der Waals surface area contributed by atoms with Crippen molar-refractivity contribution >= 4 is 0 Å². The molecule has 0 radical (unpaired) electrons. The summed E-state index contributed by atoms with van der Waals surface area (Å²) in [5.41, 5.74) is 1.51. The zero-order valence-electron chi connectivity index (χ0n) is 7.84. The summed E-state index contributed by atoms with van der Waals surface area (Å²) in [6.07, 6.45) is 9.74. The minimum Gasteiger partial charge on any atom is -0.198 e. The fourth-order valence-corrected chi connectivity index (χ4v) is 1.58. The Labute approximate surface area is 75.1 Å². The van der Waals surface area contributed by atoms with Crippen LogP contribution in [-0.2, 0) is 0 Å². The van der Waals surface area contributed by atoms with Gasteiger partial charge < -0.3 is 0 Å². The summed E-state index contributed by atoms with van der Waals surface area (Å²) >= 11 is 0. The first-order valence-corrected chi connectivity index (χ1v) is 4.96. The van der Waals surface area contributed by atoms with Crippen molar-refractivity contribution in [2.75, 3.05) is 0 Å². The third-order valence-corrected chi connectivity index (χ3v) is 2.44. The molecule has 0 heterocycles. The van der Waals surface area contributed by atoms with Crippen LogP contribution in [0.5, 0.6) is 0 Å². The third-order valence-electron chi connectivity index (χ3n) is 2.44. The van der Waals surface area contributed by atoms with Crippen molar-refractivity contribution in [1.82, 2.24) is 0 Å². The highest BCUT2D eigenvalue weighted by atomic mass is 14.3. The lowest BCUT2D eigenvalue weighted by Gasteiger charge is -2.19. The van der Waals surface area contributed by atoms with Crippen molar-refractivity contribution in [3.63, 3.8) is 0 Å². The predicted octanol–water partition coefficient (Wildman–Crippen LogP) is 3.43. The van der Waals surface area contributed by atoms with Crippen molar-refractivity contribution < 1.29 is 0 Å². The Kier molecular flexibility index (Phi) is 3.87. The summed E-state index contributed by atoms with van der Waals surface area (Å²) in [7, 11) is 0. The molecule has 0 aromatic heterocycles. The van der Waals surface area contributed by atoms with E-state index in [2.05, 4.69) is 19.1 Å². The Morgan fingerprint density at radius 2 is 2.25 bits per heavy atom. The maximum Gasteiger partial charge on any atom is 0.0700 e. The van der Waals surface area contributed by atoms with Crippen LogP contribution in [0, 0.1) is 17.2 Å². The van der Waals surface area contributed by atoms with Gasteiger partial charge in [-0.1, -0.05) is 37.8 Å². The molecule has 0 N–H and O–H groups in total. The maximum atomic E-state index is 8.52. The molecule has 0 saturated carbocycles. The van der Waals surface area contributed by atoms with Crippen LogP contribution in [0.3, 0.4) is 0 Å². The first kappa shape index (κ1) is 9.32. The standard InChI is InChI=1S/C11H17N/c1-2-3-4-5-6-10-7-11(8-10)9-12/h7,11H,2-6,8H2,1H3/t11-/m1/s1. The molecule has 1 aliphatic rings. The first-order valence-electron chi connectivity index (χ1n) is 4.96. The van der Waals surface area contributed by atoms with E-state index in [4.69, 9.17) is 5.26 Å².